The summed E-state index contributed by atoms with van der Waals surface area (Å²) in [6.45, 7) is 2.72. The number of rotatable bonds is 6. The van der Waals surface area contributed by atoms with Crippen molar-refractivity contribution in [2.75, 3.05) is 6.54 Å². The Hall–Kier alpha value is -3.09. The number of oxazole rings is 1. The second-order valence-electron chi connectivity index (χ2n) is 5.78. The van der Waals surface area contributed by atoms with Crippen LogP contribution in [0.3, 0.4) is 0 Å². The Balaban J connectivity index is 1.56. The van der Waals surface area contributed by atoms with Crippen LogP contribution in [0.15, 0.2) is 56.5 Å². The third kappa shape index (κ3) is 3.71. The summed E-state index contributed by atoms with van der Waals surface area (Å²) in [6, 6.07) is 12.1. The smallest absolute Gasteiger partial charge is 0.408 e. The summed E-state index contributed by atoms with van der Waals surface area (Å²) in [4.78, 5) is 35.7. The number of para-hydroxylation sites is 2. The molecule has 7 nitrogen and oxygen atoms in total. The van der Waals surface area contributed by atoms with E-state index in [1.165, 1.54) is 10.6 Å². The number of carbonyl (C=O) groups is 1. The van der Waals surface area contributed by atoms with Crippen molar-refractivity contribution in [1.29, 1.82) is 0 Å². The van der Waals surface area contributed by atoms with Crippen molar-refractivity contribution in [2.24, 2.45) is 0 Å². The molecule has 0 unspecified atom stereocenters. The molecule has 3 rings (SSSR count). The zero-order chi connectivity index (χ0) is 17.8. The van der Waals surface area contributed by atoms with Crippen LogP contribution < -0.4 is 16.6 Å². The molecule has 25 heavy (non-hydrogen) atoms. The molecule has 130 valence electrons. The van der Waals surface area contributed by atoms with E-state index in [0.29, 0.717) is 30.6 Å². The molecule has 0 fully saturated rings. The van der Waals surface area contributed by atoms with E-state index >= 15 is 0 Å². The average molecular weight is 341 g/mol. The molecule has 3 aromatic rings. The molecule has 0 aliphatic rings. The number of carbonyl (C=O) groups excluding carboxylic acids is 1. The van der Waals surface area contributed by atoms with Gasteiger partial charge in [-0.25, -0.2) is 4.79 Å². The van der Waals surface area contributed by atoms with E-state index in [0.717, 1.165) is 5.69 Å². The van der Waals surface area contributed by atoms with E-state index in [4.69, 9.17) is 4.42 Å². The summed E-state index contributed by atoms with van der Waals surface area (Å²) in [7, 11) is 0. The van der Waals surface area contributed by atoms with Crippen molar-refractivity contribution >= 4 is 17.0 Å². The first-order valence-corrected chi connectivity index (χ1v) is 8.08. The maximum absolute atomic E-state index is 12.1. The van der Waals surface area contributed by atoms with E-state index in [-0.39, 0.29) is 18.0 Å². The Bertz CT molecular complexity index is 1010. The molecule has 0 radical (unpaired) electrons. The van der Waals surface area contributed by atoms with E-state index in [2.05, 4.69) is 5.32 Å². The van der Waals surface area contributed by atoms with Gasteiger partial charge < -0.3 is 14.3 Å². The summed E-state index contributed by atoms with van der Waals surface area (Å²) in [5, 5.41) is 2.77. The summed E-state index contributed by atoms with van der Waals surface area (Å²) < 4.78 is 8.07. The fourth-order valence-electron chi connectivity index (χ4n) is 2.74. The second-order valence-corrected chi connectivity index (χ2v) is 5.78. The van der Waals surface area contributed by atoms with Gasteiger partial charge in [-0.05, 0) is 31.5 Å². The lowest BCUT2D eigenvalue weighted by Gasteiger charge is -2.10. The zero-order valence-corrected chi connectivity index (χ0v) is 13.9. The van der Waals surface area contributed by atoms with E-state index < -0.39 is 5.76 Å². The van der Waals surface area contributed by atoms with Crippen molar-refractivity contribution in [3.63, 3.8) is 0 Å². The zero-order valence-electron chi connectivity index (χ0n) is 13.9. The molecule has 0 aliphatic heterocycles. The summed E-state index contributed by atoms with van der Waals surface area (Å²) in [6.07, 6.45) is 0.623. The average Bonchev–Trinajstić information content (AvgIpc) is 2.89. The van der Waals surface area contributed by atoms with Crippen molar-refractivity contribution < 1.29 is 9.21 Å². The number of amides is 1. The Labute approximate surface area is 143 Å². The third-order valence-electron chi connectivity index (χ3n) is 4.02. The maximum Gasteiger partial charge on any atom is 0.420 e. The van der Waals surface area contributed by atoms with Crippen molar-refractivity contribution in [1.82, 2.24) is 14.5 Å². The maximum atomic E-state index is 12.1. The summed E-state index contributed by atoms with van der Waals surface area (Å²) in [5.41, 5.74) is 1.88. The SMILES string of the molecule is Cc1cccc(=O)n1CCCNC(=O)Cn1c(=O)oc2ccccc21. The topological polar surface area (TPSA) is 86.2 Å². The number of aryl methyl sites for hydroxylation is 1. The van der Waals surface area contributed by atoms with Crippen LogP contribution in [0.25, 0.3) is 11.1 Å². The first-order chi connectivity index (χ1) is 12.1. The van der Waals surface area contributed by atoms with Crippen LogP contribution in [0, 0.1) is 6.92 Å². The lowest BCUT2D eigenvalue weighted by atomic mass is 10.3. The molecule has 2 aromatic heterocycles. The van der Waals surface area contributed by atoms with E-state index in [1.54, 1.807) is 34.9 Å². The monoisotopic (exact) mass is 341 g/mol. The molecule has 2 heterocycles. The van der Waals surface area contributed by atoms with Gasteiger partial charge >= 0.3 is 5.76 Å². The molecule has 1 aromatic carbocycles. The molecule has 1 N–H and O–H groups in total. The van der Waals surface area contributed by atoms with Crippen LogP contribution in [-0.4, -0.2) is 21.6 Å². The Morgan fingerprint density at radius 1 is 1.08 bits per heavy atom. The third-order valence-corrected chi connectivity index (χ3v) is 4.02. The number of nitrogens with zero attached hydrogens (tertiary/aromatic N) is 2. The van der Waals surface area contributed by atoms with Gasteiger partial charge in [0.15, 0.2) is 5.58 Å². The fourth-order valence-corrected chi connectivity index (χ4v) is 2.74. The predicted octanol–water partition coefficient (Wildman–Crippen LogP) is 1.27. The highest BCUT2D eigenvalue weighted by Gasteiger charge is 2.11. The first-order valence-electron chi connectivity index (χ1n) is 8.08. The quantitative estimate of drug-likeness (QED) is 0.684. The molecule has 0 saturated carbocycles. The lowest BCUT2D eigenvalue weighted by Crippen LogP contribution is -2.32. The van der Waals surface area contributed by atoms with Gasteiger partial charge in [0.25, 0.3) is 5.56 Å². The van der Waals surface area contributed by atoms with Gasteiger partial charge in [-0.1, -0.05) is 18.2 Å². The van der Waals surface area contributed by atoms with Crippen LogP contribution in [0.1, 0.15) is 12.1 Å². The number of fused-ring (bicyclic) bond motifs is 1. The number of hydrogen-bond acceptors (Lipinski definition) is 4. The van der Waals surface area contributed by atoms with Crippen LogP contribution >= 0.6 is 0 Å². The highest BCUT2D eigenvalue weighted by molar-refractivity contribution is 5.79. The predicted molar refractivity (Wildman–Crippen MR) is 93.5 cm³/mol. The van der Waals surface area contributed by atoms with Crippen molar-refractivity contribution in [3.8, 4) is 0 Å². The summed E-state index contributed by atoms with van der Waals surface area (Å²) in [5.74, 6) is -0.825. The van der Waals surface area contributed by atoms with Gasteiger partial charge in [0.05, 0.1) is 5.52 Å². The van der Waals surface area contributed by atoms with Gasteiger partial charge in [0.1, 0.15) is 6.54 Å². The highest BCUT2D eigenvalue weighted by Crippen LogP contribution is 2.11. The molecule has 0 spiro atoms. The molecule has 0 bridgehead atoms. The van der Waals surface area contributed by atoms with E-state index in [9.17, 15) is 14.4 Å². The molecule has 7 heteroatoms. The number of nitrogens with one attached hydrogen (secondary N) is 1. The lowest BCUT2D eigenvalue weighted by molar-refractivity contribution is -0.121. The Morgan fingerprint density at radius 3 is 2.68 bits per heavy atom. The van der Waals surface area contributed by atoms with Gasteiger partial charge in [-0.2, -0.15) is 0 Å². The minimum atomic E-state index is -0.553. The highest BCUT2D eigenvalue weighted by atomic mass is 16.4. The van der Waals surface area contributed by atoms with Gasteiger partial charge in [-0.15, -0.1) is 0 Å². The van der Waals surface area contributed by atoms with Crippen LogP contribution in [-0.2, 0) is 17.9 Å². The minimum absolute atomic E-state index is 0.0530. The van der Waals surface area contributed by atoms with Gasteiger partial charge in [0.2, 0.25) is 5.91 Å². The standard InChI is InChI=1S/C18H19N3O4/c1-13-6-4-9-17(23)20(13)11-5-10-19-16(22)12-21-14-7-2-3-8-15(14)25-18(21)24/h2-4,6-9H,5,10-12H2,1H3,(H,19,22). The summed E-state index contributed by atoms with van der Waals surface area (Å²) >= 11 is 0. The normalized spacial score (nSPS) is 10.9. The molecule has 0 atom stereocenters. The molecular formula is C18H19N3O4. The minimum Gasteiger partial charge on any atom is -0.408 e. The fraction of sp³-hybridized carbons (Fsp3) is 0.278. The number of aromatic nitrogens is 2. The van der Waals surface area contributed by atoms with Crippen molar-refractivity contribution in [3.05, 3.63) is 69.1 Å². The molecule has 0 saturated heterocycles. The molecule has 1 amide bonds. The van der Waals surface area contributed by atoms with Crippen molar-refractivity contribution in [2.45, 2.75) is 26.4 Å². The molecule has 0 aliphatic carbocycles. The Morgan fingerprint density at radius 2 is 1.88 bits per heavy atom. The van der Waals surface area contributed by atoms with Crippen LogP contribution in [0.4, 0.5) is 0 Å². The first kappa shape index (κ1) is 16.8. The van der Waals surface area contributed by atoms with Gasteiger partial charge in [-0.3, -0.25) is 14.2 Å². The van der Waals surface area contributed by atoms with Crippen LogP contribution in [0.2, 0.25) is 0 Å². The van der Waals surface area contributed by atoms with Gasteiger partial charge in [0, 0.05) is 24.8 Å². The largest absolute Gasteiger partial charge is 0.420 e. The van der Waals surface area contributed by atoms with E-state index in [1.807, 2.05) is 13.0 Å². The number of hydrogen-bond donors (Lipinski definition) is 1. The number of pyridine rings is 1. The molecular weight excluding hydrogens is 322 g/mol. The van der Waals surface area contributed by atoms with Crippen LogP contribution in [0.5, 0.6) is 0 Å². The number of benzene rings is 1. The second kappa shape index (κ2) is 7.21. The Kier molecular flexibility index (Phi) is 4.83.